The van der Waals surface area contributed by atoms with Gasteiger partial charge >= 0.3 is 0 Å². The fourth-order valence-corrected chi connectivity index (χ4v) is 4.32. The Morgan fingerprint density at radius 3 is 2.00 bits per heavy atom. The molecule has 0 spiro atoms. The molecule has 0 aliphatic carbocycles. The van der Waals surface area contributed by atoms with Crippen molar-refractivity contribution in [2.75, 3.05) is 7.11 Å². The lowest BCUT2D eigenvalue weighted by Crippen LogP contribution is -2.20. The Hall–Kier alpha value is -3.36. The molecule has 0 aliphatic heterocycles. The molecular weight excluding hydrogens is 467 g/mol. The lowest BCUT2D eigenvalue weighted by atomic mass is 9.85. The summed E-state index contributed by atoms with van der Waals surface area (Å²) in [4.78, 5) is 25.2. The highest BCUT2D eigenvalue weighted by Crippen LogP contribution is 2.37. The van der Waals surface area contributed by atoms with Crippen molar-refractivity contribution in [1.29, 1.82) is 0 Å². The Morgan fingerprint density at radius 1 is 0.848 bits per heavy atom. The number of aromatic nitrogens is 4. The second-order valence-corrected chi connectivity index (χ2v) is 8.45. The minimum atomic E-state index is -0.622. The number of aryl methyl sites for hydroxylation is 2. The number of methoxy groups -OCH3 is 1. The first-order valence-electron chi connectivity index (χ1n) is 10.1. The van der Waals surface area contributed by atoms with Crippen LogP contribution in [0.2, 0.25) is 10.0 Å². The van der Waals surface area contributed by atoms with Crippen LogP contribution in [-0.2, 0) is 6.61 Å². The molecule has 4 rings (SSSR count). The standard InChI is InChI=1S/C23H22Cl2N4O4/c1-11-19(22(30)28-26-11)21(20-12(2)27-29-23(20)31)13-5-7-17(18(8-13)32-3)33-10-14-4-6-15(24)9-16(14)25/h4-9,21H,10H2,1-3H3,(H2,26,28,30)(H2,27,29,31). The van der Waals surface area contributed by atoms with E-state index in [1.165, 1.54) is 7.11 Å². The van der Waals surface area contributed by atoms with Crippen molar-refractivity contribution in [3.63, 3.8) is 0 Å². The lowest BCUT2D eigenvalue weighted by molar-refractivity contribution is 0.284. The van der Waals surface area contributed by atoms with Crippen molar-refractivity contribution < 1.29 is 9.47 Å². The molecule has 0 aliphatic rings. The van der Waals surface area contributed by atoms with Crippen LogP contribution in [0.25, 0.3) is 0 Å². The molecule has 4 N–H and O–H groups in total. The summed E-state index contributed by atoms with van der Waals surface area (Å²) in [6.45, 7) is 3.77. The number of ether oxygens (including phenoxy) is 2. The number of hydrogen-bond acceptors (Lipinski definition) is 4. The lowest BCUT2D eigenvalue weighted by Gasteiger charge is -2.18. The van der Waals surface area contributed by atoms with Crippen LogP contribution in [0.15, 0.2) is 46.0 Å². The van der Waals surface area contributed by atoms with Gasteiger partial charge < -0.3 is 19.7 Å². The predicted octanol–water partition coefficient (Wildman–Crippen LogP) is 4.41. The average Bonchev–Trinajstić information content (AvgIpc) is 3.30. The molecule has 0 saturated heterocycles. The first-order chi connectivity index (χ1) is 15.8. The molecular formula is C23H22Cl2N4O4. The molecule has 0 fully saturated rings. The van der Waals surface area contributed by atoms with Gasteiger partial charge in [0.1, 0.15) is 6.61 Å². The molecule has 2 aromatic heterocycles. The number of H-pyrrole nitrogens is 4. The van der Waals surface area contributed by atoms with Gasteiger partial charge in [-0.15, -0.1) is 0 Å². The summed E-state index contributed by atoms with van der Waals surface area (Å²) in [6, 6.07) is 10.5. The van der Waals surface area contributed by atoms with Crippen molar-refractivity contribution in [3.8, 4) is 11.5 Å². The summed E-state index contributed by atoms with van der Waals surface area (Å²) in [5.74, 6) is 0.325. The maximum atomic E-state index is 12.6. The van der Waals surface area contributed by atoms with Crippen LogP contribution in [0, 0.1) is 13.8 Å². The van der Waals surface area contributed by atoms with Crippen molar-refractivity contribution >= 4 is 23.2 Å². The van der Waals surface area contributed by atoms with Gasteiger partial charge in [0.2, 0.25) is 0 Å². The maximum Gasteiger partial charge on any atom is 0.268 e. The van der Waals surface area contributed by atoms with Crippen LogP contribution in [0.4, 0.5) is 0 Å². The van der Waals surface area contributed by atoms with Gasteiger partial charge in [0.15, 0.2) is 11.5 Å². The van der Waals surface area contributed by atoms with Gasteiger partial charge in [-0.2, -0.15) is 0 Å². The zero-order chi connectivity index (χ0) is 23.7. The zero-order valence-electron chi connectivity index (χ0n) is 18.1. The number of aromatic amines is 4. The van der Waals surface area contributed by atoms with E-state index in [2.05, 4.69) is 20.4 Å². The molecule has 8 nitrogen and oxygen atoms in total. The molecule has 0 radical (unpaired) electrons. The van der Waals surface area contributed by atoms with Crippen molar-refractivity contribution in [2.45, 2.75) is 26.4 Å². The molecule has 0 unspecified atom stereocenters. The van der Waals surface area contributed by atoms with Crippen LogP contribution >= 0.6 is 23.2 Å². The first-order valence-corrected chi connectivity index (χ1v) is 10.8. The SMILES string of the molecule is COc1cc(C(c2c(C)[nH][nH]c2=O)c2c(C)[nH][nH]c2=O)ccc1OCc1ccc(Cl)cc1Cl. The largest absolute Gasteiger partial charge is 0.493 e. The van der Waals surface area contributed by atoms with Crippen LogP contribution in [0.5, 0.6) is 11.5 Å². The third-order valence-corrected chi connectivity index (χ3v) is 6.11. The Bertz CT molecular complexity index is 1360. The van der Waals surface area contributed by atoms with Gasteiger partial charge in [-0.25, -0.2) is 0 Å². The highest BCUT2D eigenvalue weighted by Gasteiger charge is 2.28. The fraction of sp³-hybridized carbons (Fsp3) is 0.217. The van der Waals surface area contributed by atoms with E-state index in [0.717, 1.165) is 5.56 Å². The van der Waals surface area contributed by atoms with E-state index in [1.807, 2.05) is 6.07 Å². The van der Waals surface area contributed by atoms with Crippen LogP contribution in [0.1, 0.15) is 39.6 Å². The molecule has 2 heterocycles. The topological polar surface area (TPSA) is 116 Å². The summed E-state index contributed by atoms with van der Waals surface area (Å²) in [5.41, 5.74) is 3.06. The van der Waals surface area contributed by atoms with Crippen molar-refractivity contribution in [2.24, 2.45) is 0 Å². The summed E-state index contributed by atoms with van der Waals surface area (Å²) in [6.07, 6.45) is 0. The third kappa shape index (κ3) is 4.44. The first kappa shape index (κ1) is 22.8. The minimum absolute atomic E-state index is 0.211. The number of rotatable bonds is 7. The molecule has 33 heavy (non-hydrogen) atoms. The molecule has 0 amide bonds. The van der Waals surface area contributed by atoms with E-state index in [1.54, 1.807) is 44.2 Å². The number of hydrogen-bond donors (Lipinski definition) is 4. The van der Waals surface area contributed by atoms with Gasteiger partial charge in [-0.05, 0) is 43.7 Å². The Balaban J connectivity index is 1.75. The summed E-state index contributed by atoms with van der Waals surface area (Å²) in [5, 5.41) is 11.9. The molecule has 0 saturated carbocycles. The third-order valence-electron chi connectivity index (χ3n) is 5.52. The Morgan fingerprint density at radius 2 is 1.48 bits per heavy atom. The second-order valence-electron chi connectivity index (χ2n) is 7.60. The highest BCUT2D eigenvalue weighted by atomic mass is 35.5. The smallest absolute Gasteiger partial charge is 0.268 e. The maximum absolute atomic E-state index is 12.6. The number of nitrogens with one attached hydrogen (secondary N) is 4. The predicted molar refractivity (Wildman–Crippen MR) is 127 cm³/mol. The van der Waals surface area contributed by atoms with Crippen molar-refractivity contribution in [3.05, 3.63) is 101 Å². The molecule has 0 bridgehead atoms. The number of halogens is 2. The van der Waals surface area contributed by atoms with E-state index >= 15 is 0 Å². The van der Waals surface area contributed by atoms with E-state index in [4.69, 9.17) is 32.7 Å². The number of benzene rings is 2. The molecule has 4 aromatic rings. The Labute approximate surface area is 198 Å². The van der Waals surface area contributed by atoms with E-state index in [0.29, 0.717) is 49.6 Å². The van der Waals surface area contributed by atoms with Crippen molar-refractivity contribution in [1.82, 2.24) is 20.4 Å². The Kier molecular flexibility index (Phi) is 6.40. The quantitative estimate of drug-likeness (QED) is 0.308. The van der Waals surface area contributed by atoms with E-state index in [-0.39, 0.29) is 17.7 Å². The summed E-state index contributed by atoms with van der Waals surface area (Å²) < 4.78 is 11.5. The molecule has 2 aromatic carbocycles. The fourth-order valence-electron chi connectivity index (χ4n) is 3.86. The van der Waals surface area contributed by atoms with Gasteiger partial charge in [-0.3, -0.25) is 19.8 Å². The van der Waals surface area contributed by atoms with Crippen LogP contribution in [-0.4, -0.2) is 27.5 Å². The average molecular weight is 489 g/mol. The van der Waals surface area contributed by atoms with Gasteiger partial charge in [0, 0.05) is 32.9 Å². The van der Waals surface area contributed by atoms with Crippen LogP contribution < -0.4 is 20.6 Å². The van der Waals surface area contributed by atoms with Gasteiger partial charge in [0.25, 0.3) is 11.1 Å². The van der Waals surface area contributed by atoms with Crippen LogP contribution in [0.3, 0.4) is 0 Å². The van der Waals surface area contributed by atoms with Gasteiger partial charge in [-0.1, -0.05) is 35.3 Å². The summed E-state index contributed by atoms with van der Waals surface area (Å²) in [7, 11) is 1.53. The highest BCUT2D eigenvalue weighted by molar-refractivity contribution is 6.35. The van der Waals surface area contributed by atoms with Gasteiger partial charge in [0.05, 0.1) is 18.2 Å². The second kappa shape index (κ2) is 9.25. The molecule has 172 valence electrons. The minimum Gasteiger partial charge on any atom is -0.493 e. The molecule has 0 atom stereocenters. The monoisotopic (exact) mass is 488 g/mol. The molecule has 10 heteroatoms. The zero-order valence-corrected chi connectivity index (χ0v) is 19.6. The summed E-state index contributed by atoms with van der Waals surface area (Å²) >= 11 is 12.2. The van der Waals surface area contributed by atoms with E-state index < -0.39 is 5.92 Å². The van der Waals surface area contributed by atoms with E-state index in [9.17, 15) is 9.59 Å². The normalized spacial score (nSPS) is 11.2.